The van der Waals surface area contributed by atoms with E-state index in [-0.39, 0.29) is 0 Å². The molecule has 17 aromatic rings. The molecule has 0 spiro atoms. The molecule has 0 aliphatic carbocycles. The first-order chi connectivity index (χ1) is 40.6. The summed E-state index contributed by atoms with van der Waals surface area (Å²) in [4.78, 5) is 16.2. The standard InChI is InChI=1S/C75H45N5O2/c1-4-19-46(20-5-1)53-29-18-32-66-71(53)62-45-52(79-63-30-14-10-25-54(63)55-26-11-15-31-64(55)79)37-40-65(62)80(66)72-60(47-21-6-2-7-22-47)41-51(42-61(72)48-23-8-3-9-24-48)75-77-73(49-35-38-58-56-27-12-16-33-67(56)81-69(58)43-49)76-74(78-75)50-36-39-59-57-28-13-17-34-68(57)82-70(59)44-50/h1-45H. The third kappa shape index (κ3) is 7.20. The van der Waals surface area contributed by atoms with E-state index in [1.807, 2.05) is 48.5 Å². The first-order valence-electron chi connectivity index (χ1n) is 27.7. The van der Waals surface area contributed by atoms with Gasteiger partial charge >= 0.3 is 0 Å². The Morgan fingerprint density at radius 3 is 1.21 bits per heavy atom. The van der Waals surface area contributed by atoms with E-state index in [1.54, 1.807) is 0 Å². The highest BCUT2D eigenvalue weighted by Crippen LogP contribution is 2.47. The molecule has 5 aromatic heterocycles. The second-order valence-electron chi connectivity index (χ2n) is 21.0. The molecule has 382 valence electrons. The Morgan fingerprint density at radius 2 is 0.671 bits per heavy atom. The second-order valence-corrected chi connectivity index (χ2v) is 21.0. The fourth-order valence-electron chi connectivity index (χ4n) is 12.7. The number of nitrogens with zero attached hydrogens (tertiary/aromatic N) is 5. The highest BCUT2D eigenvalue weighted by molar-refractivity contribution is 6.18. The van der Waals surface area contributed by atoms with E-state index >= 15 is 0 Å². The fourth-order valence-corrected chi connectivity index (χ4v) is 12.7. The van der Waals surface area contributed by atoms with Crippen LogP contribution in [0.15, 0.2) is 282 Å². The van der Waals surface area contributed by atoms with Gasteiger partial charge in [0.2, 0.25) is 0 Å². The van der Waals surface area contributed by atoms with E-state index < -0.39 is 0 Å². The fraction of sp³-hybridized carbons (Fsp3) is 0. The van der Waals surface area contributed by atoms with Crippen molar-refractivity contribution < 1.29 is 8.83 Å². The second kappa shape index (κ2) is 18.2. The van der Waals surface area contributed by atoms with Crippen molar-refractivity contribution in [3.63, 3.8) is 0 Å². The van der Waals surface area contributed by atoms with Gasteiger partial charge in [0.25, 0.3) is 0 Å². The van der Waals surface area contributed by atoms with Crippen LogP contribution in [0.25, 0.3) is 166 Å². The summed E-state index contributed by atoms with van der Waals surface area (Å²) < 4.78 is 17.8. The molecule has 17 rings (SSSR count). The minimum absolute atomic E-state index is 0.522. The molecule has 0 aliphatic heterocycles. The van der Waals surface area contributed by atoms with E-state index in [4.69, 9.17) is 23.8 Å². The van der Waals surface area contributed by atoms with Gasteiger partial charge in [-0.2, -0.15) is 0 Å². The van der Waals surface area contributed by atoms with E-state index in [9.17, 15) is 0 Å². The molecule has 0 amide bonds. The smallest absolute Gasteiger partial charge is 0.164 e. The molecule has 7 nitrogen and oxygen atoms in total. The average Bonchev–Trinajstić information content (AvgIpc) is 3.64. The number of fused-ring (bicyclic) bond motifs is 12. The van der Waals surface area contributed by atoms with Crippen LogP contribution in [0.2, 0.25) is 0 Å². The van der Waals surface area contributed by atoms with E-state index in [2.05, 4.69) is 234 Å². The number of aromatic nitrogens is 5. The number of hydrogen-bond donors (Lipinski definition) is 0. The lowest BCUT2D eigenvalue weighted by Crippen LogP contribution is -2.04. The van der Waals surface area contributed by atoms with Crippen LogP contribution in [-0.4, -0.2) is 24.1 Å². The molecular formula is C75H45N5O2. The predicted molar refractivity (Wildman–Crippen MR) is 336 cm³/mol. The number of rotatable bonds is 8. The van der Waals surface area contributed by atoms with Gasteiger partial charge in [-0.1, -0.05) is 188 Å². The van der Waals surface area contributed by atoms with Gasteiger partial charge in [0, 0.05) is 76.6 Å². The first kappa shape index (κ1) is 45.8. The van der Waals surface area contributed by atoms with Crippen molar-refractivity contribution in [2.45, 2.75) is 0 Å². The third-order valence-corrected chi connectivity index (χ3v) is 16.4. The molecule has 0 fully saturated rings. The van der Waals surface area contributed by atoms with Crippen LogP contribution < -0.4 is 0 Å². The van der Waals surface area contributed by atoms with E-state index in [1.165, 1.54) is 16.2 Å². The number of benzene rings is 12. The summed E-state index contributed by atoms with van der Waals surface area (Å²) in [5, 5.41) is 8.95. The average molecular weight is 1050 g/mol. The van der Waals surface area contributed by atoms with Crippen molar-refractivity contribution in [2.24, 2.45) is 0 Å². The third-order valence-electron chi connectivity index (χ3n) is 16.4. The van der Waals surface area contributed by atoms with E-state index in [0.29, 0.717) is 17.5 Å². The van der Waals surface area contributed by atoms with Crippen LogP contribution in [0.5, 0.6) is 0 Å². The summed E-state index contributed by atoms with van der Waals surface area (Å²) in [5.74, 6) is 1.57. The van der Waals surface area contributed by atoms with Crippen molar-refractivity contribution in [1.29, 1.82) is 0 Å². The van der Waals surface area contributed by atoms with Crippen LogP contribution in [-0.2, 0) is 0 Å². The Hall–Kier alpha value is -11.2. The Kier molecular flexibility index (Phi) is 10.2. The molecule has 0 unspecified atom stereocenters. The molecule has 7 heteroatoms. The Morgan fingerprint density at radius 1 is 0.244 bits per heavy atom. The number of furan rings is 2. The molecule has 0 saturated heterocycles. The zero-order chi connectivity index (χ0) is 53.8. The molecule has 0 saturated carbocycles. The van der Waals surface area contributed by atoms with Gasteiger partial charge in [-0.15, -0.1) is 0 Å². The molecule has 5 heterocycles. The van der Waals surface area contributed by atoms with Crippen LogP contribution >= 0.6 is 0 Å². The van der Waals surface area contributed by atoms with Crippen molar-refractivity contribution in [2.75, 3.05) is 0 Å². The zero-order valence-corrected chi connectivity index (χ0v) is 44.0. The van der Waals surface area contributed by atoms with Crippen LogP contribution in [0.1, 0.15) is 0 Å². The monoisotopic (exact) mass is 1050 g/mol. The Bertz CT molecular complexity index is 5160. The summed E-state index contributed by atoms with van der Waals surface area (Å²) >= 11 is 0. The normalized spacial score (nSPS) is 11.9. The highest BCUT2D eigenvalue weighted by atomic mass is 16.3. The van der Waals surface area contributed by atoms with Crippen LogP contribution in [0.3, 0.4) is 0 Å². The van der Waals surface area contributed by atoms with Crippen molar-refractivity contribution in [3.05, 3.63) is 273 Å². The SMILES string of the molecule is c1ccc(-c2cc(-c3nc(-c4ccc5c(c4)oc4ccccc45)nc(-c4ccc5c(c4)oc4ccccc45)n3)cc(-c3ccccc3)c2-n2c3ccc(-n4c5ccccc5c5ccccc54)cc3c3c(-c4ccccc4)cccc32)cc1. The largest absolute Gasteiger partial charge is 0.456 e. The molecule has 12 aromatic carbocycles. The zero-order valence-electron chi connectivity index (χ0n) is 44.0. The molecule has 0 aliphatic rings. The minimum atomic E-state index is 0.522. The topological polar surface area (TPSA) is 74.8 Å². The summed E-state index contributed by atoms with van der Waals surface area (Å²) in [5.41, 5.74) is 18.7. The summed E-state index contributed by atoms with van der Waals surface area (Å²) in [6.45, 7) is 0. The molecule has 0 N–H and O–H groups in total. The quantitative estimate of drug-likeness (QED) is 0.152. The van der Waals surface area contributed by atoms with Crippen molar-refractivity contribution in [1.82, 2.24) is 24.1 Å². The first-order valence-corrected chi connectivity index (χ1v) is 27.7. The Labute approximate surface area is 469 Å². The summed E-state index contributed by atoms with van der Waals surface area (Å²) in [7, 11) is 0. The molecule has 82 heavy (non-hydrogen) atoms. The highest BCUT2D eigenvalue weighted by Gasteiger charge is 2.26. The van der Waals surface area contributed by atoms with Crippen LogP contribution in [0, 0.1) is 0 Å². The lowest BCUT2D eigenvalue weighted by atomic mass is 9.92. The summed E-state index contributed by atoms with van der Waals surface area (Å²) in [6.07, 6.45) is 0. The van der Waals surface area contributed by atoms with Gasteiger partial charge in [-0.25, -0.2) is 15.0 Å². The molecular weight excluding hydrogens is 1000 g/mol. The lowest BCUT2D eigenvalue weighted by molar-refractivity contribution is 0.668. The van der Waals surface area contributed by atoms with E-state index in [0.717, 1.165) is 133 Å². The maximum atomic E-state index is 6.46. The molecule has 0 atom stereocenters. The van der Waals surface area contributed by atoms with Gasteiger partial charge in [0.1, 0.15) is 22.3 Å². The van der Waals surface area contributed by atoms with Gasteiger partial charge in [-0.3, -0.25) is 0 Å². The molecule has 0 radical (unpaired) electrons. The van der Waals surface area contributed by atoms with Crippen molar-refractivity contribution >= 4 is 87.5 Å². The van der Waals surface area contributed by atoms with Gasteiger partial charge in [0.05, 0.1) is 27.8 Å². The Balaban J connectivity index is 0.950. The predicted octanol–water partition coefficient (Wildman–Crippen LogP) is 19.9. The summed E-state index contributed by atoms with van der Waals surface area (Å²) in [6, 6.07) is 96.8. The number of hydrogen-bond acceptors (Lipinski definition) is 5. The lowest BCUT2D eigenvalue weighted by Gasteiger charge is -2.21. The maximum Gasteiger partial charge on any atom is 0.164 e. The number of para-hydroxylation sites is 4. The van der Waals surface area contributed by atoms with Crippen molar-refractivity contribution in [3.8, 4) is 78.9 Å². The molecule has 0 bridgehead atoms. The van der Waals surface area contributed by atoms with Gasteiger partial charge in [0.15, 0.2) is 17.5 Å². The maximum absolute atomic E-state index is 6.46. The van der Waals surface area contributed by atoms with Gasteiger partial charge < -0.3 is 18.0 Å². The van der Waals surface area contributed by atoms with Crippen LogP contribution in [0.4, 0.5) is 0 Å². The minimum Gasteiger partial charge on any atom is -0.456 e. The van der Waals surface area contributed by atoms with Gasteiger partial charge in [-0.05, 0) is 107 Å².